The van der Waals surface area contributed by atoms with Crippen LogP contribution in [0.4, 0.5) is 0 Å². The molecular formula is C17H26N2O3. The van der Waals surface area contributed by atoms with E-state index >= 15 is 0 Å². The fourth-order valence-corrected chi connectivity index (χ4v) is 2.65. The zero-order valence-electron chi connectivity index (χ0n) is 13.5. The average molecular weight is 306 g/mol. The molecule has 2 N–H and O–H groups in total. The highest BCUT2D eigenvalue weighted by atomic mass is 16.5. The molecule has 1 fully saturated rings. The van der Waals surface area contributed by atoms with Gasteiger partial charge < -0.3 is 20.1 Å². The SMILES string of the molecule is CCOc1ccc(C(=O)NCCC2CCNC2)cc1OCC. The second-order valence-electron chi connectivity index (χ2n) is 5.43. The summed E-state index contributed by atoms with van der Waals surface area (Å²) in [6.07, 6.45) is 2.22. The molecule has 5 heteroatoms. The number of carbonyl (C=O) groups is 1. The van der Waals surface area contributed by atoms with Gasteiger partial charge in [0, 0.05) is 12.1 Å². The van der Waals surface area contributed by atoms with E-state index in [1.165, 1.54) is 6.42 Å². The Bertz CT molecular complexity index is 485. The third kappa shape index (κ3) is 4.63. The summed E-state index contributed by atoms with van der Waals surface area (Å²) >= 11 is 0. The van der Waals surface area contributed by atoms with Gasteiger partial charge in [-0.25, -0.2) is 0 Å². The summed E-state index contributed by atoms with van der Waals surface area (Å²) < 4.78 is 11.1. The molecule has 0 bridgehead atoms. The quantitative estimate of drug-likeness (QED) is 0.773. The lowest BCUT2D eigenvalue weighted by Crippen LogP contribution is -2.26. The Kier molecular flexibility index (Phi) is 6.52. The topological polar surface area (TPSA) is 59.6 Å². The minimum absolute atomic E-state index is 0.0602. The van der Waals surface area contributed by atoms with Crippen LogP contribution < -0.4 is 20.1 Å². The third-order valence-corrected chi connectivity index (χ3v) is 3.81. The lowest BCUT2D eigenvalue weighted by atomic mass is 10.1. The smallest absolute Gasteiger partial charge is 0.251 e. The molecule has 122 valence electrons. The van der Waals surface area contributed by atoms with Crippen LogP contribution in [0, 0.1) is 5.92 Å². The first-order valence-corrected chi connectivity index (χ1v) is 8.13. The molecular weight excluding hydrogens is 280 g/mol. The van der Waals surface area contributed by atoms with Gasteiger partial charge in [0.1, 0.15) is 0 Å². The highest BCUT2D eigenvalue weighted by Crippen LogP contribution is 2.28. The molecule has 0 aliphatic carbocycles. The van der Waals surface area contributed by atoms with Crippen molar-refractivity contribution < 1.29 is 14.3 Å². The number of nitrogens with one attached hydrogen (secondary N) is 2. The molecule has 5 nitrogen and oxygen atoms in total. The normalized spacial score (nSPS) is 17.3. The summed E-state index contributed by atoms with van der Waals surface area (Å²) in [6, 6.07) is 5.32. The van der Waals surface area contributed by atoms with Gasteiger partial charge in [0.2, 0.25) is 0 Å². The zero-order valence-corrected chi connectivity index (χ0v) is 13.5. The van der Waals surface area contributed by atoms with Crippen molar-refractivity contribution in [1.82, 2.24) is 10.6 Å². The monoisotopic (exact) mass is 306 g/mol. The fraction of sp³-hybridized carbons (Fsp3) is 0.588. The Morgan fingerprint density at radius 2 is 2.05 bits per heavy atom. The van der Waals surface area contributed by atoms with Gasteiger partial charge in [-0.3, -0.25) is 4.79 Å². The van der Waals surface area contributed by atoms with Gasteiger partial charge in [-0.1, -0.05) is 0 Å². The van der Waals surface area contributed by atoms with E-state index in [0.717, 1.165) is 19.5 Å². The molecule has 1 amide bonds. The van der Waals surface area contributed by atoms with Crippen LogP contribution in [0.2, 0.25) is 0 Å². The number of rotatable bonds is 8. The molecule has 22 heavy (non-hydrogen) atoms. The maximum absolute atomic E-state index is 12.2. The van der Waals surface area contributed by atoms with Crippen molar-refractivity contribution in [2.75, 3.05) is 32.8 Å². The van der Waals surface area contributed by atoms with Gasteiger partial charge in [0.25, 0.3) is 5.91 Å². The van der Waals surface area contributed by atoms with Crippen molar-refractivity contribution in [3.05, 3.63) is 23.8 Å². The Labute approximate surface area is 132 Å². The Hall–Kier alpha value is -1.75. The molecule has 1 aliphatic heterocycles. The summed E-state index contributed by atoms with van der Waals surface area (Å²) in [7, 11) is 0. The van der Waals surface area contributed by atoms with Crippen molar-refractivity contribution in [2.24, 2.45) is 5.92 Å². The number of hydrogen-bond donors (Lipinski definition) is 2. The van der Waals surface area contributed by atoms with Crippen LogP contribution >= 0.6 is 0 Å². The first-order valence-electron chi connectivity index (χ1n) is 8.13. The average Bonchev–Trinajstić information content (AvgIpc) is 3.02. The van der Waals surface area contributed by atoms with Gasteiger partial charge in [0.15, 0.2) is 11.5 Å². The maximum atomic E-state index is 12.2. The molecule has 1 aliphatic rings. The van der Waals surface area contributed by atoms with E-state index < -0.39 is 0 Å². The molecule has 0 saturated carbocycles. The highest BCUT2D eigenvalue weighted by molar-refractivity contribution is 5.94. The molecule has 1 aromatic rings. The largest absolute Gasteiger partial charge is 0.490 e. The highest BCUT2D eigenvalue weighted by Gasteiger charge is 2.15. The second kappa shape index (κ2) is 8.63. The van der Waals surface area contributed by atoms with Gasteiger partial charge in [-0.15, -0.1) is 0 Å². The maximum Gasteiger partial charge on any atom is 0.251 e. The number of hydrogen-bond acceptors (Lipinski definition) is 4. The van der Waals surface area contributed by atoms with Crippen molar-refractivity contribution >= 4 is 5.91 Å². The Morgan fingerprint density at radius 1 is 1.27 bits per heavy atom. The molecule has 2 rings (SSSR count). The van der Waals surface area contributed by atoms with E-state index in [4.69, 9.17) is 9.47 Å². The summed E-state index contributed by atoms with van der Waals surface area (Å²) in [5.41, 5.74) is 0.608. The van der Waals surface area contributed by atoms with Gasteiger partial charge in [-0.05, 0) is 63.9 Å². The Morgan fingerprint density at radius 3 is 2.73 bits per heavy atom. The van der Waals surface area contributed by atoms with E-state index in [0.29, 0.717) is 42.7 Å². The Balaban J connectivity index is 1.91. The molecule has 1 saturated heterocycles. The minimum atomic E-state index is -0.0602. The van der Waals surface area contributed by atoms with Crippen molar-refractivity contribution in [2.45, 2.75) is 26.7 Å². The summed E-state index contributed by atoms with van der Waals surface area (Å²) in [4.78, 5) is 12.2. The van der Waals surface area contributed by atoms with Crippen LogP contribution in [0.15, 0.2) is 18.2 Å². The fourth-order valence-electron chi connectivity index (χ4n) is 2.65. The summed E-state index contributed by atoms with van der Waals surface area (Å²) in [5, 5.41) is 6.32. The first kappa shape index (κ1) is 16.6. The predicted molar refractivity (Wildman–Crippen MR) is 86.7 cm³/mol. The molecule has 1 heterocycles. The number of benzene rings is 1. The lowest BCUT2D eigenvalue weighted by Gasteiger charge is -2.13. The summed E-state index contributed by atoms with van der Waals surface area (Å²) in [5.74, 6) is 1.92. The van der Waals surface area contributed by atoms with Gasteiger partial charge in [0.05, 0.1) is 13.2 Å². The number of ether oxygens (including phenoxy) is 2. The van der Waals surface area contributed by atoms with E-state index in [1.807, 2.05) is 13.8 Å². The molecule has 0 radical (unpaired) electrons. The van der Waals surface area contributed by atoms with E-state index in [1.54, 1.807) is 18.2 Å². The minimum Gasteiger partial charge on any atom is -0.490 e. The van der Waals surface area contributed by atoms with Crippen LogP contribution in [-0.4, -0.2) is 38.8 Å². The molecule has 1 aromatic carbocycles. The van der Waals surface area contributed by atoms with Crippen LogP contribution in [0.25, 0.3) is 0 Å². The van der Waals surface area contributed by atoms with E-state index in [9.17, 15) is 4.79 Å². The van der Waals surface area contributed by atoms with Crippen LogP contribution in [0.3, 0.4) is 0 Å². The third-order valence-electron chi connectivity index (χ3n) is 3.81. The van der Waals surface area contributed by atoms with Gasteiger partial charge in [-0.2, -0.15) is 0 Å². The number of carbonyl (C=O) groups excluding carboxylic acids is 1. The van der Waals surface area contributed by atoms with Crippen LogP contribution in [-0.2, 0) is 0 Å². The van der Waals surface area contributed by atoms with Crippen LogP contribution in [0.5, 0.6) is 11.5 Å². The zero-order chi connectivity index (χ0) is 15.8. The molecule has 1 atom stereocenters. The number of amides is 1. The van der Waals surface area contributed by atoms with Crippen molar-refractivity contribution in [3.63, 3.8) is 0 Å². The predicted octanol–water partition coefficient (Wildman–Crippen LogP) is 2.21. The summed E-state index contributed by atoms with van der Waals surface area (Å²) in [6.45, 7) is 7.82. The van der Waals surface area contributed by atoms with E-state index in [2.05, 4.69) is 10.6 Å². The molecule has 0 aromatic heterocycles. The first-order chi connectivity index (χ1) is 10.7. The van der Waals surface area contributed by atoms with Crippen LogP contribution in [0.1, 0.15) is 37.0 Å². The molecule has 0 spiro atoms. The van der Waals surface area contributed by atoms with Crippen molar-refractivity contribution in [1.29, 1.82) is 0 Å². The van der Waals surface area contributed by atoms with Gasteiger partial charge >= 0.3 is 0 Å². The standard InChI is InChI=1S/C17H26N2O3/c1-3-21-15-6-5-14(11-16(15)22-4-2)17(20)19-10-8-13-7-9-18-12-13/h5-6,11,13,18H,3-4,7-10,12H2,1-2H3,(H,19,20). The molecule has 1 unspecified atom stereocenters. The lowest BCUT2D eigenvalue weighted by molar-refractivity contribution is 0.0951. The van der Waals surface area contributed by atoms with Crippen molar-refractivity contribution in [3.8, 4) is 11.5 Å². The second-order valence-corrected chi connectivity index (χ2v) is 5.43. The van der Waals surface area contributed by atoms with E-state index in [-0.39, 0.29) is 5.91 Å².